The van der Waals surface area contributed by atoms with Gasteiger partial charge in [-0.1, -0.05) is 6.08 Å². The maximum atomic E-state index is 11.8. The summed E-state index contributed by atoms with van der Waals surface area (Å²) in [5.74, 6) is -0.185. The molecule has 0 aliphatic carbocycles. The van der Waals surface area contributed by atoms with Crippen molar-refractivity contribution in [2.24, 2.45) is 0 Å². The molecule has 0 bridgehead atoms. The van der Waals surface area contributed by atoms with Crippen LogP contribution in [-0.2, 0) is 19.1 Å². The van der Waals surface area contributed by atoms with Crippen molar-refractivity contribution in [2.75, 3.05) is 46.5 Å². The second kappa shape index (κ2) is 8.66. The minimum atomic E-state index is -0.328. The number of rotatable bonds is 6. The molecule has 108 valence electrons. The summed E-state index contributed by atoms with van der Waals surface area (Å²) in [6, 6.07) is 0. The molecule has 1 N–H and O–H groups in total. The minimum absolute atomic E-state index is 0.143. The van der Waals surface area contributed by atoms with E-state index in [1.165, 1.54) is 7.11 Å². The highest BCUT2D eigenvalue weighted by Crippen LogP contribution is 1.99. The summed E-state index contributed by atoms with van der Waals surface area (Å²) in [5, 5.41) is 3.10. The van der Waals surface area contributed by atoms with E-state index in [0.717, 1.165) is 0 Å². The Morgan fingerprint density at radius 3 is 2.68 bits per heavy atom. The fourth-order valence-corrected chi connectivity index (χ4v) is 1.74. The third-order valence-electron chi connectivity index (χ3n) is 2.94. The van der Waals surface area contributed by atoms with E-state index >= 15 is 0 Å². The van der Waals surface area contributed by atoms with Crippen LogP contribution in [0.5, 0.6) is 0 Å². The van der Waals surface area contributed by atoms with Crippen LogP contribution in [0.25, 0.3) is 0 Å². The molecule has 1 fully saturated rings. The molecule has 0 spiro atoms. The lowest BCUT2D eigenvalue weighted by molar-refractivity contribution is -0.136. The Kier molecular flexibility index (Phi) is 7.14. The van der Waals surface area contributed by atoms with Gasteiger partial charge in [0.05, 0.1) is 20.3 Å². The van der Waals surface area contributed by atoms with Crippen LogP contribution in [-0.4, -0.2) is 63.3 Å². The molecule has 0 unspecified atom stereocenters. The maximum Gasteiger partial charge on any atom is 0.333 e. The fourth-order valence-electron chi connectivity index (χ4n) is 1.74. The Hall–Kier alpha value is -1.40. The average Bonchev–Trinajstić information content (AvgIpc) is 2.46. The second-order valence-corrected chi connectivity index (χ2v) is 4.33. The van der Waals surface area contributed by atoms with Gasteiger partial charge in [-0.2, -0.15) is 0 Å². The molecule has 1 rings (SSSR count). The smallest absolute Gasteiger partial charge is 0.333 e. The van der Waals surface area contributed by atoms with Gasteiger partial charge in [-0.15, -0.1) is 0 Å². The molecule has 19 heavy (non-hydrogen) atoms. The van der Waals surface area contributed by atoms with Crippen LogP contribution in [0.4, 0.5) is 0 Å². The molecule has 1 aliphatic rings. The Balaban J connectivity index is 2.13. The number of hydrogen-bond acceptors (Lipinski definition) is 5. The van der Waals surface area contributed by atoms with Gasteiger partial charge < -0.3 is 19.7 Å². The van der Waals surface area contributed by atoms with Crippen molar-refractivity contribution in [2.45, 2.75) is 13.3 Å². The van der Waals surface area contributed by atoms with Gasteiger partial charge in [0.25, 0.3) is 0 Å². The van der Waals surface area contributed by atoms with Crippen molar-refractivity contribution in [3.8, 4) is 0 Å². The normalized spacial score (nSPS) is 16.3. The summed E-state index contributed by atoms with van der Waals surface area (Å²) in [6.07, 6.45) is 2.22. The number of methoxy groups -OCH3 is 1. The van der Waals surface area contributed by atoms with Crippen molar-refractivity contribution in [1.82, 2.24) is 10.2 Å². The van der Waals surface area contributed by atoms with E-state index in [-0.39, 0.29) is 11.9 Å². The first kappa shape index (κ1) is 15.7. The Morgan fingerprint density at radius 2 is 2.05 bits per heavy atom. The van der Waals surface area contributed by atoms with Crippen molar-refractivity contribution in [3.05, 3.63) is 11.6 Å². The zero-order chi connectivity index (χ0) is 14.1. The summed E-state index contributed by atoms with van der Waals surface area (Å²) >= 11 is 0. The fraction of sp³-hybridized carbons (Fsp3) is 0.692. The molecular weight excluding hydrogens is 248 g/mol. The first-order chi connectivity index (χ1) is 9.15. The van der Waals surface area contributed by atoms with Gasteiger partial charge in [-0.05, 0) is 6.92 Å². The largest absolute Gasteiger partial charge is 0.466 e. The van der Waals surface area contributed by atoms with Crippen molar-refractivity contribution >= 4 is 11.9 Å². The van der Waals surface area contributed by atoms with Gasteiger partial charge in [-0.25, -0.2) is 4.79 Å². The summed E-state index contributed by atoms with van der Waals surface area (Å²) < 4.78 is 9.77. The van der Waals surface area contributed by atoms with E-state index in [2.05, 4.69) is 10.1 Å². The van der Waals surface area contributed by atoms with Crippen LogP contribution in [0, 0.1) is 0 Å². The number of hydrogen-bond donors (Lipinski definition) is 1. The number of carbonyl (C=O) groups is 2. The molecule has 0 aromatic rings. The minimum Gasteiger partial charge on any atom is -0.466 e. The summed E-state index contributed by atoms with van der Waals surface area (Å²) in [6.45, 7) is 5.46. The molecule has 1 aliphatic heterocycles. The van der Waals surface area contributed by atoms with Gasteiger partial charge in [0, 0.05) is 38.2 Å². The van der Waals surface area contributed by atoms with Crippen molar-refractivity contribution < 1.29 is 19.1 Å². The van der Waals surface area contributed by atoms with Gasteiger partial charge in [0.15, 0.2) is 0 Å². The molecule has 1 heterocycles. The molecule has 0 aromatic carbocycles. The van der Waals surface area contributed by atoms with E-state index < -0.39 is 0 Å². The lowest BCUT2D eigenvalue weighted by Crippen LogP contribution is -2.41. The van der Waals surface area contributed by atoms with Crippen LogP contribution in [0.1, 0.15) is 13.3 Å². The zero-order valence-electron chi connectivity index (χ0n) is 11.6. The van der Waals surface area contributed by atoms with Crippen LogP contribution in [0.2, 0.25) is 0 Å². The van der Waals surface area contributed by atoms with E-state index in [9.17, 15) is 9.59 Å². The Labute approximate surface area is 113 Å². The highest BCUT2D eigenvalue weighted by atomic mass is 16.5. The predicted molar refractivity (Wildman–Crippen MR) is 70.7 cm³/mol. The van der Waals surface area contributed by atoms with E-state index in [0.29, 0.717) is 51.4 Å². The SMILES string of the molecule is COC(=O)C(C)=CCNCCC(=O)N1CCOCC1. The molecule has 0 saturated carbocycles. The highest BCUT2D eigenvalue weighted by molar-refractivity contribution is 5.87. The topological polar surface area (TPSA) is 67.9 Å². The van der Waals surface area contributed by atoms with Gasteiger partial charge >= 0.3 is 5.97 Å². The number of esters is 1. The molecular formula is C13H22N2O4. The van der Waals surface area contributed by atoms with Crippen LogP contribution >= 0.6 is 0 Å². The number of carbonyl (C=O) groups excluding carboxylic acids is 2. The lowest BCUT2D eigenvalue weighted by atomic mass is 10.3. The third kappa shape index (κ3) is 5.85. The Bertz CT molecular complexity index is 336. The number of amides is 1. The van der Waals surface area contributed by atoms with Crippen molar-refractivity contribution in [3.63, 3.8) is 0 Å². The second-order valence-electron chi connectivity index (χ2n) is 4.33. The number of nitrogens with zero attached hydrogens (tertiary/aromatic N) is 1. The molecule has 0 atom stereocenters. The summed E-state index contributed by atoms with van der Waals surface area (Å²) in [7, 11) is 1.36. The molecule has 1 amide bonds. The van der Waals surface area contributed by atoms with Gasteiger partial charge in [0.1, 0.15) is 0 Å². The first-order valence-electron chi connectivity index (χ1n) is 6.46. The van der Waals surface area contributed by atoms with Gasteiger partial charge in [-0.3, -0.25) is 4.79 Å². The number of ether oxygens (including phenoxy) is 2. The first-order valence-corrected chi connectivity index (χ1v) is 6.46. The molecule has 1 saturated heterocycles. The predicted octanol–water partition coefficient (Wildman–Crippen LogP) is -0.0558. The average molecular weight is 270 g/mol. The molecule has 0 radical (unpaired) electrons. The van der Waals surface area contributed by atoms with Gasteiger partial charge in [0.2, 0.25) is 5.91 Å². The van der Waals surface area contributed by atoms with E-state index in [1.807, 2.05) is 4.90 Å². The molecule has 0 aromatic heterocycles. The zero-order valence-corrected chi connectivity index (χ0v) is 11.6. The van der Waals surface area contributed by atoms with Crippen molar-refractivity contribution in [1.29, 1.82) is 0 Å². The van der Waals surface area contributed by atoms with E-state index in [4.69, 9.17) is 4.74 Å². The molecule has 6 nitrogen and oxygen atoms in total. The Morgan fingerprint density at radius 1 is 1.37 bits per heavy atom. The van der Waals surface area contributed by atoms with Crippen LogP contribution < -0.4 is 5.32 Å². The number of morpholine rings is 1. The molecule has 6 heteroatoms. The summed E-state index contributed by atoms with van der Waals surface area (Å²) in [4.78, 5) is 24.7. The van der Waals surface area contributed by atoms with Crippen LogP contribution in [0.15, 0.2) is 11.6 Å². The standard InChI is InChI=1S/C13H22N2O4/c1-11(13(17)18-2)3-5-14-6-4-12(16)15-7-9-19-10-8-15/h3,14H,4-10H2,1-2H3. The maximum absolute atomic E-state index is 11.8. The third-order valence-corrected chi connectivity index (χ3v) is 2.94. The highest BCUT2D eigenvalue weighted by Gasteiger charge is 2.15. The lowest BCUT2D eigenvalue weighted by Gasteiger charge is -2.26. The van der Waals surface area contributed by atoms with Crippen LogP contribution in [0.3, 0.4) is 0 Å². The number of nitrogens with one attached hydrogen (secondary N) is 1. The summed E-state index contributed by atoms with van der Waals surface area (Å²) in [5.41, 5.74) is 0.564. The quantitative estimate of drug-likeness (QED) is 0.416. The monoisotopic (exact) mass is 270 g/mol. The van der Waals surface area contributed by atoms with E-state index in [1.54, 1.807) is 13.0 Å².